The van der Waals surface area contributed by atoms with Crippen molar-refractivity contribution < 1.29 is 29.6 Å². The van der Waals surface area contributed by atoms with Crippen LogP contribution in [0.3, 0.4) is 0 Å². The third kappa shape index (κ3) is 3.66. The third-order valence-electron chi connectivity index (χ3n) is 6.45. The normalized spacial score (nSPS) is 28.9. The molecule has 7 heteroatoms. The summed E-state index contributed by atoms with van der Waals surface area (Å²) in [5.74, 6) is 0.282. The molecule has 1 aliphatic heterocycles. The number of aliphatic hydroxyl groups excluding tert-OH is 4. The van der Waals surface area contributed by atoms with Crippen LogP contribution in [0, 0.1) is 5.82 Å². The van der Waals surface area contributed by atoms with Gasteiger partial charge in [0.05, 0.1) is 12.1 Å². The van der Waals surface area contributed by atoms with Crippen LogP contribution in [-0.2, 0) is 11.2 Å². The Balaban J connectivity index is 1.53. The van der Waals surface area contributed by atoms with Crippen molar-refractivity contribution >= 4 is 10.9 Å². The first-order valence-corrected chi connectivity index (χ1v) is 10.6. The van der Waals surface area contributed by atoms with E-state index in [1.165, 1.54) is 24.5 Å². The van der Waals surface area contributed by atoms with Crippen LogP contribution in [0.5, 0.6) is 0 Å². The molecule has 3 aromatic rings. The Morgan fingerprint density at radius 2 is 1.71 bits per heavy atom. The van der Waals surface area contributed by atoms with E-state index >= 15 is 0 Å². The van der Waals surface area contributed by atoms with Crippen molar-refractivity contribution in [1.29, 1.82) is 0 Å². The van der Waals surface area contributed by atoms with Crippen LogP contribution in [0.2, 0.25) is 0 Å². The zero-order valence-corrected chi connectivity index (χ0v) is 16.9. The van der Waals surface area contributed by atoms with Crippen LogP contribution in [0.1, 0.15) is 41.7 Å². The highest BCUT2D eigenvalue weighted by molar-refractivity contribution is 5.85. The predicted molar refractivity (Wildman–Crippen MR) is 112 cm³/mol. The Morgan fingerprint density at radius 1 is 0.968 bits per heavy atom. The lowest BCUT2D eigenvalue weighted by Crippen LogP contribution is -2.56. The van der Waals surface area contributed by atoms with Crippen molar-refractivity contribution in [2.24, 2.45) is 0 Å². The second-order valence-corrected chi connectivity index (χ2v) is 8.61. The lowest BCUT2D eigenvalue weighted by atomic mass is 9.98. The van der Waals surface area contributed by atoms with E-state index in [9.17, 15) is 24.8 Å². The van der Waals surface area contributed by atoms with Gasteiger partial charge in [-0.25, -0.2) is 4.39 Å². The highest BCUT2D eigenvalue weighted by Crippen LogP contribution is 2.40. The summed E-state index contributed by atoms with van der Waals surface area (Å²) >= 11 is 0. The summed E-state index contributed by atoms with van der Waals surface area (Å²) in [6, 6.07) is 13.1. The number of halogens is 1. The summed E-state index contributed by atoms with van der Waals surface area (Å²) < 4.78 is 22.1. The van der Waals surface area contributed by atoms with E-state index in [1.807, 2.05) is 0 Å². The third-order valence-corrected chi connectivity index (χ3v) is 6.45. The number of nitrogens with zero attached hydrogens (tertiary/aromatic N) is 1. The first-order valence-electron chi connectivity index (χ1n) is 10.6. The largest absolute Gasteiger partial charge is 0.394 e. The van der Waals surface area contributed by atoms with Crippen LogP contribution in [0.25, 0.3) is 10.9 Å². The van der Waals surface area contributed by atoms with Gasteiger partial charge in [-0.1, -0.05) is 30.3 Å². The Bertz CT molecular complexity index is 1080. The molecule has 0 amide bonds. The molecule has 2 aromatic carbocycles. The highest BCUT2D eigenvalue weighted by atomic mass is 19.1. The van der Waals surface area contributed by atoms with E-state index in [0.29, 0.717) is 23.2 Å². The van der Waals surface area contributed by atoms with Crippen LogP contribution in [0.15, 0.2) is 48.7 Å². The molecule has 1 aliphatic carbocycles. The maximum atomic E-state index is 14.8. The second kappa shape index (κ2) is 8.00. The first kappa shape index (κ1) is 20.6. The van der Waals surface area contributed by atoms with E-state index in [0.717, 1.165) is 11.1 Å². The molecular formula is C24H26FNO5. The quantitative estimate of drug-likeness (QED) is 0.501. The van der Waals surface area contributed by atoms with Crippen molar-refractivity contribution in [3.63, 3.8) is 0 Å². The SMILES string of the molecule is OC[C@H]1OC(n2cc(Cc3ccc(C4CC4)cc3)c3c(F)cccc32)[C@H](O)[C@@H](O)[C@@H]1O. The number of aromatic nitrogens is 1. The number of rotatable bonds is 5. The van der Waals surface area contributed by atoms with Gasteiger partial charge < -0.3 is 29.7 Å². The molecule has 1 aromatic heterocycles. The first-order chi connectivity index (χ1) is 15.0. The molecule has 2 aliphatic rings. The molecule has 6 nitrogen and oxygen atoms in total. The Kier molecular flexibility index (Phi) is 5.32. The van der Waals surface area contributed by atoms with Crippen molar-refractivity contribution in [1.82, 2.24) is 4.57 Å². The fourth-order valence-corrected chi connectivity index (χ4v) is 4.55. The number of fused-ring (bicyclic) bond motifs is 1. The standard InChI is InChI=1S/C24H26FNO5/c25-17-2-1-3-18-20(17)16(10-13-4-6-14(7-5-13)15-8-9-15)11-26(18)24-23(30)22(29)21(28)19(12-27)31-24/h1-7,11,15,19,21-24,27-30H,8-10,12H2/t19-,21-,22+,23-,24?/m1/s1. The van der Waals surface area contributed by atoms with Gasteiger partial charge in [0.2, 0.25) is 0 Å². The number of benzene rings is 2. The number of aliphatic hydroxyl groups is 4. The van der Waals surface area contributed by atoms with E-state index in [-0.39, 0.29) is 5.82 Å². The Morgan fingerprint density at radius 3 is 2.39 bits per heavy atom. The van der Waals surface area contributed by atoms with Crippen molar-refractivity contribution in [2.75, 3.05) is 6.61 Å². The molecule has 2 heterocycles. The van der Waals surface area contributed by atoms with E-state index < -0.39 is 37.3 Å². The smallest absolute Gasteiger partial charge is 0.163 e. The van der Waals surface area contributed by atoms with Gasteiger partial charge in [0.1, 0.15) is 30.2 Å². The molecule has 0 spiro atoms. The van der Waals surface area contributed by atoms with Crippen LogP contribution < -0.4 is 0 Å². The molecule has 5 rings (SSSR count). The topological polar surface area (TPSA) is 95.1 Å². The van der Waals surface area contributed by atoms with Gasteiger partial charge in [-0.05, 0) is 54.0 Å². The van der Waals surface area contributed by atoms with E-state index in [2.05, 4.69) is 24.3 Å². The van der Waals surface area contributed by atoms with Gasteiger partial charge in [-0.3, -0.25) is 0 Å². The maximum Gasteiger partial charge on any atom is 0.163 e. The lowest BCUT2D eigenvalue weighted by molar-refractivity contribution is -0.250. The number of hydrogen-bond donors (Lipinski definition) is 4. The van der Waals surface area contributed by atoms with Gasteiger partial charge >= 0.3 is 0 Å². The second-order valence-electron chi connectivity index (χ2n) is 8.61. The molecule has 5 atom stereocenters. The molecule has 1 saturated heterocycles. The van der Waals surface area contributed by atoms with Gasteiger partial charge in [-0.15, -0.1) is 0 Å². The van der Waals surface area contributed by atoms with Crippen LogP contribution >= 0.6 is 0 Å². The summed E-state index contributed by atoms with van der Waals surface area (Å²) in [6.07, 6.45) is -1.82. The molecule has 0 radical (unpaired) electrons. The fraction of sp³-hybridized carbons (Fsp3) is 0.417. The number of ether oxygens (including phenoxy) is 1. The molecule has 1 saturated carbocycles. The molecule has 31 heavy (non-hydrogen) atoms. The highest BCUT2D eigenvalue weighted by Gasteiger charge is 2.44. The summed E-state index contributed by atoms with van der Waals surface area (Å²) in [4.78, 5) is 0. The molecule has 2 fully saturated rings. The van der Waals surface area contributed by atoms with Crippen molar-refractivity contribution in [2.45, 2.75) is 55.8 Å². The van der Waals surface area contributed by atoms with Gasteiger partial charge in [-0.2, -0.15) is 0 Å². The molecule has 4 N–H and O–H groups in total. The van der Waals surface area contributed by atoms with Crippen LogP contribution in [-0.4, -0.2) is 56.0 Å². The minimum Gasteiger partial charge on any atom is -0.394 e. The van der Waals surface area contributed by atoms with Gasteiger partial charge in [0, 0.05) is 11.6 Å². The summed E-state index contributed by atoms with van der Waals surface area (Å²) in [7, 11) is 0. The summed E-state index contributed by atoms with van der Waals surface area (Å²) in [5, 5.41) is 40.8. The summed E-state index contributed by atoms with van der Waals surface area (Å²) in [6.45, 7) is -0.519. The summed E-state index contributed by atoms with van der Waals surface area (Å²) in [5.41, 5.74) is 3.61. The zero-order valence-electron chi connectivity index (χ0n) is 16.9. The minimum atomic E-state index is -1.50. The average Bonchev–Trinajstić information content (AvgIpc) is 3.56. The van der Waals surface area contributed by atoms with Gasteiger partial charge in [0.25, 0.3) is 0 Å². The Labute approximate surface area is 179 Å². The minimum absolute atomic E-state index is 0.384. The molecule has 0 bridgehead atoms. The fourth-order valence-electron chi connectivity index (χ4n) is 4.55. The van der Waals surface area contributed by atoms with E-state index in [1.54, 1.807) is 22.9 Å². The van der Waals surface area contributed by atoms with Crippen LogP contribution in [0.4, 0.5) is 4.39 Å². The molecule has 164 valence electrons. The monoisotopic (exact) mass is 427 g/mol. The maximum absolute atomic E-state index is 14.8. The predicted octanol–water partition coefficient (Wildman–Crippen LogP) is 2.22. The van der Waals surface area contributed by atoms with Crippen molar-refractivity contribution in [3.8, 4) is 0 Å². The zero-order chi connectivity index (χ0) is 21.7. The van der Waals surface area contributed by atoms with Crippen molar-refractivity contribution in [3.05, 3.63) is 71.2 Å². The van der Waals surface area contributed by atoms with E-state index in [4.69, 9.17) is 4.74 Å². The molecule has 1 unspecified atom stereocenters. The average molecular weight is 427 g/mol. The van der Waals surface area contributed by atoms with Gasteiger partial charge in [0.15, 0.2) is 6.23 Å². The molecular weight excluding hydrogens is 401 g/mol. The Hall–Kier alpha value is -2.29. The lowest BCUT2D eigenvalue weighted by Gasteiger charge is -2.40. The number of hydrogen-bond acceptors (Lipinski definition) is 5.